The molecule has 0 saturated carbocycles. The largest absolute Gasteiger partial charge is 0.430 e. The zero-order valence-electron chi connectivity index (χ0n) is 21.3. The Morgan fingerprint density at radius 1 is 1.03 bits per heavy atom. The maximum absolute atomic E-state index is 14.0. The number of carbonyl (C=O) groups excluding carboxylic acids is 2. The van der Waals surface area contributed by atoms with Gasteiger partial charge in [-0.3, -0.25) is 14.5 Å². The highest BCUT2D eigenvalue weighted by atomic mass is 19.4. The number of nitrogens with one attached hydrogen (secondary N) is 1. The van der Waals surface area contributed by atoms with Gasteiger partial charge in [-0.15, -0.1) is 0 Å². The van der Waals surface area contributed by atoms with Crippen LogP contribution < -0.4 is 5.32 Å². The van der Waals surface area contributed by atoms with Crippen molar-refractivity contribution in [3.63, 3.8) is 0 Å². The van der Waals surface area contributed by atoms with Crippen molar-refractivity contribution in [2.24, 2.45) is 0 Å². The van der Waals surface area contributed by atoms with Gasteiger partial charge in [0.15, 0.2) is 0 Å². The molecule has 2 aromatic rings. The molecule has 0 unspecified atom stereocenters. The summed E-state index contributed by atoms with van der Waals surface area (Å²) >= 11 is 0. The topological polar surface area (TPSA) is 76.1 Å². The van der Waals surface area contributed by atoms with Crippen LogP contribution >= 0.6 is 0 Å². The molecule has 2 amide bonds. The number of nitrogens with zero attached hydrogens (tertiary/aromatic N) is 3. The van der Waals surface area contributed by atoms with Crippen molar-refractivity contribution in [2.45, 2.75) is 43.6 Å². The number of piperidine rings is 1. The molecule has 0 radical (unpaired) electrons. The maximum Gasteiger partial charge on any atom is 0.430 e. The van der Waals surface area contributed by atoms with Crippen molar-refractivity contribution in [3.8, 4) is 0 Å². The van der Waals surface area contributed by atoms with Gasteiger partial charge < -0.3 is 20.2 Å². The minimum Gasteiger partial charge on any atom is -0.380 e. The molecule has 10 heteroatoms. The number of rotatable bonds is 6. The minimum atomic E-state index is -5.14. The molecule has 0 bridgehead atoms. The molecule has 2 fully saturated rings. The molecule has 2 N–H and O–H groups in total. The first-order valence-corrected chi connectivity index (χ1v) is 12.4. The molecule has 0 aromatic heterocycles. The van der Waals surface area contributed by atoms with E-state index in [0.717, 1.165) is 29.7 Å². The van der Waals surface area contributed by atoms with Crippen molar-refractivity contribution < 1.29 is 27.9 Å². The molecule has 0 aliphatic carbocycles. The summed E-state index contributed by atoms with van der Waals surface area (Å²) in [6.07, 6.45) is -4.05. The van der Waals surface area contributed by atoms with Crippen molar-refractivity contribution in [1.82, 2.24) is 14.7 Å². The maximum atomic E-state index is 14.0. The number of benzene rings is 2. The van der Waals surface area contributed by atoms with E-state index in [2.05, 4.69) is 10.2 Å². The molecule has 37 heavy (non-hydrogen) atoms. The predicted molar refractivity (Wildman–Crippen MR) is 134 cm³/mol. The lowest BCUT2D eigenvalue weighted by atomic mass is 9.89. The Morgan fingerprint density at radius 2 is 1.65 bits per heavy atom. The summed E-state index contributed by atoms with van der Waals surface area (Å²) in [5, 5.41) is 14.1. The fraction of sp³-hybridized carbons (Fsp3) is 0.481. The Kier molecular flexibility index (Phi) is 7.52. The Balaban J connectivity index is 1.30. The number of carbonyl (C=O) groups is 2. The van der Waals surface area contributed by atoms with Crippen molar-refractivity contribution in [1.29, 1.82) is 0 Å². The summed E-state index contributed by atoms with van der Waals surface area (Å²) in [4.78, 5) is 30.0. The third-order valence-corrected chi connectivity index (χ3v) is 7.24. The van der Waals surface area contributed by atoms with E-state index in [4.69, 9.17) is 0 Å². The van der Waals surface area contributed by atoms with Gasteiger partial charge in [-0.05, 0) is 44.0 Å². The zero-order chi connectivity index (χ0) is 27.0. The molecule has 7 nitrogen and oxygen atoms in total. The van der Waals surface area contributed by atoms with Crippen molar-refractivity contribution in [3.05, 3.63) is 65.2 Å². The lowest BCUT2D eigenvalue weighted by molar-refractivity contribution is -0.262. The Bertz CT molecular complexity index is 1120. The Hall–Kier alpha value is -3.11. The van der Waals surface area contributed by atoms with Gasteiger partial charge >= 0.3 is 6.18 Å². The second-order valence-electron chi connectivity index (χ2n) is 10.2. The van der Waals surface area contributed by atoms with E-state index in [1.807, 2.05) is 12.1 Å². The van der Waals surface area contributed by atoms with Gasteiger partial charge in [-0.2, -0.15) is 13.2 Å². The monoisotopic (exact) mass is 518 g/mol. The van der Waals surface area contributed by atoms with Gasteiger partial charge in [0, 0.05) is 63.1 Å². The normalized spacial score (nSPS) is 19.2. The van der Waals surface area contributed by atoms with E-state index in [-0.39, 0.29) is 31.1 Å². The molecular formula is C27H33F3N4O3. The van der Waals surface area contributed by atoms with E-state index in [9.17, 15) is 27.9 Å². The van der Waals surface area contributed by atoms with Crippen LogP contribution in [0.5, 0.6) is 0 Å². The quantitative estimate of drug-likeness (QED) is 0.614. The molecule has 2 heterocycles. The van der Waals surface area contributed by atoms with Crippen LogP contribution in [-0.4, -0.2) is 90.2 Å². The second-order valence-corrected chi connectivity index (χ2v) is 10.2. The molecule has 1 atom stereocenters. The number of amides is 2. The smallest absolute Gasteiger partial charge is 0.380 e. The van der Waals surface area contributed by atoms with E-state index in [1.54, 1.807) is 39.2 Å². The number of anilines is 1. The van der Waals surface area contributed by atoms with Gasteiger partial charge in [-0.25, -0.2) is 0 Å². The fourth-order valence-electron chi connectivity index (χ4n) is 5.05. The number of halogens is 3. The van der Waals surface area contributed by atoms with Crippen LogP contribution in [-0.2, 0) is 10.4 Å². The van der Waals surface area contributed by atoms with Crippen LogP contribution in [0.4, 0.5) is 18.9 Å². The standard InChI is InChI=1S/C27H33F3N4O3/c1-18-5-4-6-20(15-18)26(37,27(28,29)30)25(36)33-13-11-23(12-14-33)34-16-22(17-34)31-21-9-7-19(8-10-21)24(35)32(2)3/h4-10,15,22-23,31,37H,11-14,16-17H2,1-3H3/t26-/m1/s1. The summed E-state index contributed by atoms with van der Waals surface area (Å²) in [5.74, 6) is -1.37. The third kappa shape index (κ3) is 5.45. The summed E-state index contributed by atoms with van der Waals surface area (Å²) in [7, 11) is 3.41. The van der Waals surface area contributed by atoms with E-state index < -0.39 is 23.2 Å². The first-order chi connectivity index (χ1) is 17.4. The number of alkyl halides is 3. The highest BCUT2D eigenvalue weighted by molar-refractivity contribution is 5.94. The van der Waals surface area contributed by atoms with Gasteiger partial charge in [-0.1, -0.05) is 29.8 Å². The fourth-order valence-corrected chi connectivity index (χ4v) is 5.05. The van der Waals surface area contributed by atoms with Gasteiger partial charge in [0.05, 0.1) is 6.04 Å². The van der Waals surface area contributed by atoms with Crippen molar-refractivity contribution in [2.75, 3.05) is 45.6 Å². The molecule has 2 saturated heterocycles. The average Bonchev–Trinajstić information content (AvgIpc) is 2.84. The highest BCUT2D eigenvalue weighted by Gasteiger charge is 2.62. The van der Waals surface area contributed by atoms with Crippen LogP contribution in [0.3, 0.4) is 0 Å². The van der Waals surface area contributed by atoms with Crippen LogP contribution in [0, 0.1) is 6.92 Å². The second kappa shape index (κ2) is 10.3. The highest BCUT2D eigenvalue weighted by Crippen LogP contribution is 2.41. The molecule has 0 spiro atoms. The number of hydrogen-bond acceptors (Lipinski definition) is 5. The van der Waals surface area contributed by atoms with Crippen LogP contribution in [0.2, 0.25) is 0 Å². The van der Waals surface area contributed by atoms with E-state index in [0.29, 0.717) is 24.0 Å². The number of hydrogen-bond donors (Lipinski definition) is 2. The number of aliphatic hydroxyl groups is 1. The number of aryl methyl sites for hydroxylation is 1. The third-order valence-electron chi connectivity index (χ3n) is 7.24. The molecule has 2 aliphatic heterocycles. The summed E-state index contributed by atoms with van der Waals surface area (Å²) in [5.41, 5.74) is -1.95. The van der Waals surface area contributed by atoms with Gasteiger partial charge in [0.1, 0.15) is 0 Å². The van der Waals surface area contributed by atoms with E-state index in [1.165, 1.54) is 17.0 Å². The Morgan fingerprint density at radius 3 is 2.19 bits per heavy atom. The Labute approximate surface area is 214 Å². The molecule has 200 valence electrons. The van der Waals surface area contributed by atoms with Crippen LogP contribution in [0.15, 0.2) is 48.5 Å². The van der Waals surface area contributed by atoms with Gasteiger partial charge in [0.25, 0.3) is 17.4 Å². The molecule has 2 aromatic carbocycles. The molecule has 2 aliphatic rings. The summed E-state index contributed by atoms with van der Waals surface area (Å²) < 4.78 is 41.9. The first kappa shape index (κ1) is 26.9. The minimum absolute atomic E-state index is 0.0567. The first-order valence-electron chi connectivity index (χ1n) is 12.4. The van der Waals surface area contributed by atoms with Crippen molar-refractivity contribution >= 4 is 17.5 Å². The molecule has 4 rings (SSSR count). The van der Waals surface area contributed by atoms with Crippen LogP contribution in [0.25, 0.3) is 0 Å². The van der Waals surface area contributed by atoms with Crippen LogP contribution in [0.1, 0.15) is 34.3 Å². The summed E-state index contributed by atoms with van der Waals surface area (Å²) in [6, 6.07) is 13.1. The lowest BCUT2D eigenvalue weighted by Crippen LogP contribution is -2.62. The summed E-state index contributed by atoms with van der Waals surface area (Å²) in [6.45, 7) is 3.50. The predicted octanol–water partition coefficient (Wildman–Crippen LogP) is 3.23. The molecular weight excluding hydrogens is 485 g/mol. The van der Waals surface area contributed by atoms with Gasteiger partial charge in [0.2, 0.25) is 0 Å². The lowest BCUT2D eigenvalue weighted by Gasteiger charge is -2.48. The zero-order valence-corrected chi connectivity index (χ0v) is 21.3. The number of likely N-dealkylation sites (tertiary alicyclic amines) is 2. The average molecular weight is 519 g/mol. The SMILES string of the molecule is Cc1cccc([C@@](O)(C(=O)N2CCC(N3CC(Nc4ccc(C(=O)N(C)C)cc4)C3)CC2)C(F)(F)F)c1. The van der Waals surface area contributed by atoms with E-state index >= 15 is 0 Å².